The summed E-state index contributed by atoms with van der Waals surface area (Å²) < 4.78 is 16.9. The second-order valence-electron chi connectivity index (χ2n) is 7.14. The van der Waals surface area contributed by atoms with Crippen molar-refractivity contribution in [3.05, 3.63) is 35.9 Å². The molecule has 1 aliphatic rings. The van der Waals surface area contributed by atoms with E-state index in [4.69, 9.17) is 14.2 Å². The number of aliphatic hydroxyl groups is 1. The van der Waals surface area contributed by atoms with Crippen molar-refractivity contribution < 1.29 is 19.3 Å². The lowest BCUT2D eigenvalue weighted by Gasteiger charge is -2.38. The summed E-state index contributed by atoms with van der Waals surface area (Å²) in [6.45, 7) is 9.50. The number of methoxy groups -OCH3 is 1. The first-order chi connectivity index (χ1) is 12.0. The highest BCUT2D eigenvalue weighted by molar-refractivity contribution is 5.46. The second kappa shape index (κ2) is 9.22. The van der Waals surface area contributed by atoms with Gasteiger partial charge in [0.2, 0.25) is 0 Å². The molecule has 0 unspecified atom stereocenters. The monoisotopic (exact) mass is 349 g/mol. The molecule has 0 aromatic heterocycles. The molecule has 1 saturated heterocycles. The van der Waals surface area contributed by atoms with Crippen LogP contribution in [-0.4, -0.2) is 57.1 Å². The van der Waals surface area contributed by atoms with Crippen LogP contribution in [0.4, 0.5) is 0 Å². The largest absolute Gasteiger partial charge is 0.493 e. The van der Waals surface area contributed by atoms with E-state index in [-0.39, 0.29) is 12.0 Å². The fourth-order valence-corrected chi connectivity index (χ4v) is 3.30. The van der Waals surface area contributed by atoms with E-state index in [0.29, 0.717) is 6.61 Å². The van der Waals surface area contributed by atoms with Crippen LogP contribution >= 0.6 is 0 Å². The Balaban J connectivity index is 2.10. The van der Waals surface area contributed by atoms with Crippen molar-refractivity contribution in [2.45, 2.75) is 26.3 Å². The van der Waals surface area contributed by atoms with E-state index in [1.54, 1.807) is 7.11 Å². The highest BCUT2D eigenvalue weighted by Gasteiger charge is 2.33. The van der Waals surface area contributed by atoms with Gasteiger partial charge in [-0.1, -0.05) is 18.7 Å². The summed E-state index contributed by atoms with van der Waals surface area (Å²) in [5.41, 5.74) is 1.96. The zero-order valence-electron chi connectivity index (χ0n) is 15.7. The summed E-state index contributed by atoms with van der Waals surface area (Å²) >= 11 is 0. The Kier molecular flexibility index (Phi) is 7.29. The van der Waals surface area contributed by atoms with Gasteiger partial charge in [0.1, 0.15) is 6.61 Å². The Bertz CT molecular complexity index is 567. The fourth-order valence-electron chi connectivity index (χ4n) is 3.30. The summed E-state index contributed by atoms with van der Waals surface area (Å²) in [4.78, 5) is 2.24. The molecule has 0 aliphatic carbocycles. The quantitative estimate of drug-likeness (QED) is 0.695. The van der Waals surface area contributed by atoms with Gasteiger partial charge in [-0.3, -0.25) is 0 Å². The lowest BCUT2D eigenvalue weighted by Crippen LogP contribution is -2.42. The van der Waals surface area contributed by atoms with E-state index in [1.165, 1.54) is 0 Å². The molecule has 25 heavy (non-hydrogen) atoms. The average Bonchev–Trinajstić information content (AvgIpc) is 2.60. The van der Waals surface area contributed by atoms with E-state index in [1.807, 2.05) is 19.1 Å². The van der Waals surface area contributed by atoms with Gasteiger partial charge in [0.25, 0.3) is 0 Å². The Morgan fingerprint density at radius 1 is 1.36 bits per heavy atom. The van der Waals surface area contributed by atoms with Crippen LogP contribution in [0.2, 0.25) is 0 Å². The molecule has 0 atom stereocenters. The summed E-state index contributed by atoms with van der Waals surface area (Å²) in [5.74, 6) is 1.50. The van der Waals surface area contributed by atoms with E-state index in [2.05, 4.69) is 24.6 Å². The molecular weight excluding hydrogens is 318 g/mol. The van der Waals surface area contributed by atoms with Crippen molar-refractivity contribution in [2.75, 3.05) is 47.1 Å². The molecule has 1 heterocycles. The van der Waals surface area contributed by atoms with Gasteiger partial charge >= 0.3 is 0 Å². The first-order valence-electron chi connectivity index (χ1n) is 8.80. The third-order valence-corrected chi connectivity index (χ3v) is 4.68. The third kappa shape index (κ3) is 5.46. The van der Waals surface area contributed by atoms with Gasteiger partial charge < -0.3 is 24.2 Å². The molecule has 0 saturated carbocycles. The molecule has 5 heteroatoms. The highest BCUT2D eigenvalue weighted by atomic mass is 16.5. The Morgan fingerprint density at radius 2 is 2.08 bits per heavy atom. The minimum atomic E-state index is -0.0788. The Hall–Kier alpha value is -1.56. The minimum Gasteiger partial charge on any atom is -0.493 e. The number of benzene rings is 1. The SMILES string of the molecule is C=C(C)COc1c(CN(C)CC2(CO)CCOCC2)cccc1OC. The predicted octanol–water partition coefficient (Wildman–Crippen LogP) is 2.87. The lowest BCUT2D eigenvalue weighted by atomic mass is 9.80. The molecule has 0 amide bonds. The van der Waals surface area contributed by atoms with E-state index in [0.717, 1.165) is 61.8 Å². The molecule has 0 bridgehead atoms. The first kappa shape index (κ1) is 19.8. The Labute approximate surface area is 151 Å². The second-order valence-corrected chi connectivity index (χ2v) is 7.14. The van der Waals surface area contributed by atoms with Crippen molar-refractivity contribution in [3.8, 4) is 11.5 Å². The van der Waals surface area contributed by atoms with E-state index < -0.39 is 0 Å². The van der Waals surface area contributed by atoms with Gasteiger partial charge in [-0.25, -0.2) is 0 Å². The number of hydrogen-bond donors (Lipinski definition) is 1. The van der Waals surface area contributed by atoms with Gasteiger partial charge in [0.15, 0.2) is 11.5 Å². The smallest absolute Gasteiger partial charge is 0.166 e. The van der Waals surface area contributed by atoms with Crippen LogP contribution in [0.5, 0.6) is 11.5 Å². The minimum absolute atomic E-state index is 0.0788. The maximum atomic E-state index is 9.90. The number of para-hydroxylation sites is 1. The molecule has 1 aliphatic heterocycles. The average molecular weight is 349 g/mol. The highest BCUT2D eigenvalue weighted by Crippen LogP contribution is 2.34. The van der Waals surface area contributed by atoms with Gasteiger partial charge in [-0.15, -0.1) is 0 Å². The molecule has 1 aromatic rings. The molecular formula is C20H31NO4. The fraction of sp³-hybridized carbons (Fsp3) is 0.600. The van der Waals surface area contributed by atoms with Gasteiger partial charge in [-0.05, 0) is 38.5 Å². The number of hydrogen-bond acceptors (Lipinski definition) is 5. The number of aliphatic hydroxyl groups excluding tert-OH is 1. The van der Waals surface area contributed by atoms with Crippen molar-refractivity contribution in [3.63, 3.8) is 0 Å². The molecule has 1 N–H and O–H groups in total. The standard InChI is InChI=1S/C20H31NO4/c1-16(2)13-25-19-17(6-5-7-18(19)23-4)12-21(3)14-20(15-22)8-10-24-11-9-20/h5-7,22H,1,8-15H2,2-4H3. The molecule has 0 radical (unpaired) electrons. The van der Waals surface area contributed by atoms with Crippen LogP contribution in [0.15, 0.2) is 30.4 Å². The summed E-state index contributed by atoms with van der Waals surface area (Å²) in [6, 6.07) is 5.94. The summed E-state index contributed by atoms with van der Waals surface area (Å²) in [7, 11) is 3.73. The van der Waals surface area contributed by atoms with Crippen molar-refractivity contribution in [1.29, 1.82) is 0 Å². The van der Waals surface area contributed by atoms with Crippen LogP contribution < -0.4 is 9.47 Å². The Morgan fingerprint density at radius 3 is 2.68 bits per heavy atom. The zero-order valence-corrected chi connectivity index (χ0v) is 15.7. The number of rotatable bonds is 9. The molecule has 5 nitrogen and oxygen atoms in total. The van der Waals surface area contributed by atoms with Crippen LogP contribution in [0, 0.1) is 5.41 Å². The van der Waals surface area contributed by atoms with Crippen molar-refractivity contribution in [1.82, 2.24) is 4.90 Å². The summed E-state index contributed by atoms with van der Waals surface area (Å²) in [5, 5.41) is 9.90. The van der Waals surface area contributed by atoms with Gasteiger partial charge in [-0.2, -0.15) is 0 Å². The van der Waals surface area contributed by atoms with Crippen LogP contribution in [0.1, 0.15) is 25.3 Å². The maximum absolute atomic E-state index is 9.90. The molecule has 140 valence electrons. The third-order valence-electron chi connectivity index (χ3n) is 4.68. The zero-order chi connectivity index (χ0) is 18.3. The van der Waals surface area contributed by atoms with Gasteiger partial charge in [0, 0.05) is 37.3 Å². The predicted molar refractivity (Wildman–Crippen MR) is 99.2 cm³/mol. The normalized spacial score (nSPS) is 16.7. The lowest BCUT2D eigenvalue weighted by molar-refractivity contribution is -0.0319. The van der Waals surface area contributed by atoms with Crippen LogP contribution in [0.25, 0.3) is 0 Å². The van der Waals surface area contributed by atoms with Crippen molar-refractivity contribution in [2.24, 2.45) is 5.41 Å². The topological polar surface area (TPSA) is 51.2 Å². The molecule has 2 rings (SSSR count). The molecule has 1 aromatic carbocycles. The van der Waals surface area contributed by atoms with Crippen LogP contribution in [-0.2, 0) is 11.3 Å². The first-order valence-corrected chi connectivity index (χ1v) is 8.80. The van der Waals surface area contributed by atoms with E-state index in [9.17, 15) is 5.11 Å². The van der Waals surface area contributed by atoms with Gasteiger partial charge in [0.05, 0.1) is 13.7 Å². The molecule has 0 spiro atoms. The van der Waals surface area contributed by atoms with Crippen molar-refractivity contribution >= 4 is 0 Å². The maximum Gasteiger partial charge on any atom is 0.166 e. The van der Waals surface area contributed by atoms with Crippen LogP contribution in [0.3, 0.4) is 0 Å². The summed E-state index contributed by atoms with van der Waals surface area (Å²) in [6.07, 6.45) is 1.79. The number of nitrogens with zero attached hydrogens (tertiary/aromatic N) is 1. The number of ether oxygens (including phenoxy) is 3. The molecule has 1 fully saturated rings. The van der Waals surface area contributed by atoms with E-state index >= 15 is 0 Å².